The van der Waals surface area contributed by atoms with Gasteiger partial charge in [0, 0.05) is 11.0 Å². The SMILES string of the molecule is C/C(=C/CC[C@@H](C)C1=C2[C@H](C)C[C@@H]3C(=CC[C@H]4C(C)(C)[C@@H](O)CC[C@]34C)[C@]2(C)CC1)C(=O)O. The van der Waals surface area contributed by atoms with Crippen molar-refractivity contribution in [2.45, 2.75) is 106 Å². The van der Waals surface area contributed by atoms with Gasteiger partial charge in [0.15, 0.2) is 0 Å². The van der Waals surface area contributed by atoms with Crippen molar-refractivity contribution in [2.24, 2.45) is 39.9 Å². The van der Waals surface area contributed by atoms with Crippen LogP contribution in [0, 0.1) is 39.9 Å². The second-order valence-electron chi connectivity index (χ2n) is 13.0. The third-order valence-electron chi connectivity index (χ3n) is 10.8. The lowest BCUT2D eigenvalue weighted by Crippen LogP contribution is -2.56. The van der Waals surface area contributed by atoms with Crippen molar-refractivity contribution in [3.8, 4) is 0 Å². The van der Waals surface area contributed by atoms with E-state index in [1.54, 1.807) is 23.6 Å². The van der Waals surface area contributed by atoms with E-state index >= 15 is 0 Å². The van der Waals surface area contributed by atoms with Crippen molar-refractivity contribution in [1.82, 2.24) is 0 Å². The summed E-state index contributed by atoms with van der Waals surface area (Å²) in [5.41, 5.74) is 6.00. The molecule has 3 heteroatoms. The van der Waals surface area contributed by atoms with Gasteiger partial charge in [0.05, 0.1) is 6.10 Å². The van der Waals surface area contributed by atoms with Crippen LogP contribution in [0.2, 0.25) is 0 Å². The van der Waals surface area contributed by atoms with Gasteiger partial charge in [0.25, 0.3) is 0 Å². The molecule has 4 aliphatic carbocycles. The number of hydrogen-bond donors (Lipinski definition) is 2. The van der Waals surface area contributed by atoms with Crippen molar-refractivity contribution >= 4 is 5.97 Å². The minimum absolute atomic E-state index is 0.0216. The molecule has 0 heterocycles. The Morgan fingerprint density at radius 1 is 1.24 bits per heavy atom. The summed E-state index contributed by atoms with van der Waals surface area (Å²) in [6.07, 6.45) is 13.0. The van der Waals surface area contributed by atoms with Crippen LogP contribution in [0.15, 0.2) is 34.4 Å². The van der Waals surface area contributed by atoms with Crippen LogP contribution in [0.3, 0.4) is 0 Å². The van der Waals surface area contributed by atoms with E-state index in [0.29, 0.717) is 29.2 Å². The van der Waals surface area contributed by atoms with E-state index in [1.807, 2.05) is 6.08 Å². The van der Waals surface area contributed by atoms with Gasteiger partial charge in [-0.1, -0.05) is 70.4 Å². The van der Waals surface area contributed by atoms with Crippen molar-refractivity contribution < 1.29 is 15.0 Å². The van der Waals surface area contributed by atoms with Crippen LogP contribution in [0.1, 0.15) is 99.8 Å². The fourth-order valence-electron chi connectivity index (χ4n) is 8.78. The van der Waals surface area contributed by atoms with Gasteiger partial charge in [-0.05, 0) is 92.8 Å². The summed E-state index contributed by atoms with van der Waals surface area (Å²) in [6, 6.07) is 0. The van der Waals surface area contributed by atoms with Gasteiger partial charge >= 0.3 is 5.97 Å². The number of aliphatic carboxylic acids is 1. The van der Waals surface area contributed by atoms with E-state index in [2.05, 4.69) is 47.6 Å². The fourth-order valence-corrected chi connectivity index (χ4v) is 8.78. The fraction of sp³-hybridized carbons (Fsp3) is 0.767. The Kier molecular flexibility index (Phi) is 6.30. The lowest BCUT2D eigenvalue weighted by molar-refractivity contribution is -0.132. The van der Waals surface area contributed by atoms with Gasteiger partial charge in [-0.25, -0.2) is 4.79 Å². The number of carbonyl (C=O) groups is 1. The molecule has 2 fully saturated rings. The molecule has 0 aromatic carbocycles. The molecule has 4 aliphatic rings. The smallest absolute Gasteiger partial charge is 0.330 e. The molecule has 2 N–H and O–H groups in total. The zero-order valence-corrected chi connectivity index (χ0v) is 22.0. The molecule has 2 saturated carbocycles. The number of hydrogen-bond acceptors (Lipinski definition) is 2. The molecule has 0 radical (unpaired) electrons. The highest BCUT2D eigenvalue weighted by atomic mass is 16.4. The molecule has 0 spiro atoms. The van der Waals surface area contributed by atoms with Gasteiger partial charge < -0.3 is 10.2 Å². The van der Waals surface area contributed by atoms with Crippen molar-refractivity contribution in [2.75, 3.05) is 0 Å². The Labute approximate surface area is 201 Å². The van der Waals surface area contributed by atoms with E-state index in [9.17, 15) is 9.90 Å². The first-order chi connectivity index (χ1) is 15.3. The van der Waals surface area contributed by atoms with Crippen LogP contribution in [0.5, 0.6) is 0 Å². The van der Waals surface area contributed by atoms with Crippen LogP contribution in [0.25, 0.3) is 0 Å². The molecule has 0 aliphatic heterocycles. The first kappa shape index (κ1) is 24.8. The summed E-state index contributed by atoms with van der Waals surface area (Å²) in [4.78, 5) is 11.1. The Bertz CT molecular complexity index is 906. The highest BCUT2D eigenvalue weighted by Crippen LogP contribution is 2.69. The highest BCUT2D eigenvalue weighted by Gasteiger charge is 2.60. The predicted molar refractivity (Wildman–Crippen MR) is 135 cm³/mol. The first-order valence-corrected chi connectivity index (χ1v) is 13.4. The topological polar surface area (TPSA) is 57.5 Å². The summed E-state index contributed by atoms with van der Waals surface area (Å²) < 4.78 is 0. The Morgan fingerprint density at radius 3 is 2.61 bits per heavy atom. The van der Waals surface area contributed by atoms with E-state index in [-0.39, 0.29) is 22.3 Å². The molecule has 0 unspecified atom stereocenters. The van der Waals surface area contributed by atoms with Gasteiger partial charge in [-0.15, -0.1) is 0 Å². The average molecular weight is 455 g/mol. The number of aliphatic hydroxyl groups is 1. The van der Waals surface area contributed by atoms with E-state index < -0.39 is 5.97 Å². The molecule has 184 valence electrons. The standard InChI is InChI=1S/C30H46O3/c1-18(9-8-10-19(2)27(32)33)21-13-15-30(7)22-11-12-24-28(4,5)25(31)14-16-29(24,6)23(22)17-20(3)26(21)30/h10-11,18,20,23-25,31H,8-9,12-17H2,1-7H3,(H,32,33)/b19-10-/t18-,20-,23-,24+,25+,29-,30+/m1/s1. The Morgan fingerprint density at radius 2 is 1.94 bits per heavy atom. The molecule has 0 bridgehead atoms. The number of aliphatic hydroxyl groups excluding tert-OH is 1. The summed E-state index contributed by atoms with van der Waals surface area (Å²) in [6.45, 7) is 16.2. The molecule has 7 atom stereocenters. The molecular weight excluding hydrogens is 408 g/mol. The second-order valence-corrected chi connectivity index (χ2v) is 13.0. The first-order valence-electron chi connectivity index (χ1n) is 13.4. The van der Waals surface area contributed by atoms with E-state index in [4.69, 9.17) is 5.11 Å². The summed E-state index contributed by atoms with van der Waals surface area (Å²) in [5.74, 6) is 1.48. The third-order valence-corrected chi connectivity index (χ3v) is 10.8. The molecule has 33 heavy (non-hydrogen) atoms. The number of carboxylic acids is 1. The minimum atomic E-state index is -0.806. The Balaban J connectivity index is 1.64. The molecule has 3 nitrogen and oxygen atoms in total. The van der Waals surface area contributed by atoms with Crippen molar-refractivity contribution in [3.05, 3.63) is 34.4 Å². The summed E-state index contributed by atoms with van der Waals surface area (Å²) in [7, 11) is 0. The van der Waals surface area contributed by atoms with Gasteiger partial charge in [-0.2, -0.15) is 0 Å². The average Bonchev–Trinajstić information content (AvgIpc) is 3.11. The number of carboxylic acid groups (broad SMARTS) is 1. The van der Waals surface area contributed by atoms with Gasteiger partial charge in [0.2, 0.25) is 0 Å². The van der Waals surface area contributed by atoms with Crippen molar-refractivity contribution in [1.29, 1.82) is 0 Å². The third kappa shape index (κ3) is 3.77. The van der Waals surface area contributed by atoms with Crippen LogP contribution in [-0.4, -0.2) is 22.3 Å². The maximum atomic E-state index is 11.1. The molecule has 0 aromatic rings. The lowest BCUT2D eigenvalue weighted by Gasteiger charge is -2.62. The molecular formula is C30H46O3. The minimum Gasteiger partial charge on any atom is -0.478 e. The summed E-state index contributed by atoms with van der Waals surface area (Å²) >= 11 is 0. The monoisotopic (exact) mass is 454 g/mol. The molecule has 0 amide bonds. The summed E-state index contributed by atoms with van der Waals surface area (Å²) in [5, 5.41) is 19.9. The van der Waals surface area contributed by atoms with Gasteiger partial charge in [-0.3, -0.25) is 0 Å². The van der Waals surface area contributed by atoms with Crippen LogP contribution >= 0.6 is 0 Å². The van der Waals surface area contributed by atoms with Crippen LogP contribution in [0.4, 0.5) is 0 Å². The molecule has 0 aromatic heterocycles. The maximum absolute atomic E-state index is 11.1. The van der Waals surface area contributed by atoms with Crippen molar-refractivity contribution in [3.63, 3.8) is 0 Å². The highest BCUT2D eigenvalue weighted by molar-refractivity contribution is 5.85. The normalized spacial score (nSPS) is 41.1. The number of fused-ring (bicyclic) bond motifs is 5. The van der Waals surface area contributed by atoms with E-state index in [1.165, 1.54) is 19.3 Å². The quantitative estimate of drug-likeness (QED) is 0.338. The zero-order valence-electron chi connectivity index (χ0n) is 22.0. The molecule has 4 rings (SSSR count). The van der Waals surface area contributed by atoms with Crippen LogP contribution < -0.4 is 0 Å². The molecule has 0 saturated heterocycles. The van der Waals surface area contributed by atoms with E-state index in [0.717, 1.165) is 32.1 Å². The second kappa shape index (κ2) is 8.40. The zero-order chi connectivity index (χ0) is 24.3. The lowest BCUT2D eigenvalue weighted by atomic mass is 9.43. The Hall–Kier alpha value is -1.35. The van der Waals surface area contributed by atoms with Crippen LogP contribution in [-0.2, 0) is 4.79 Å². The maximum Gasteiger partial charge on any atom is 0.330 e. The van der Waals surface area contributed by atoms with Gasteiger partial charge in [0.1, 0.15) is 0 Å². The number of rotatable bonds is 5. The number of allylic oxidation sites excluding steroid dienone is 5. The largest absolute Gasteiger partial charge is 0.478 e. The predicted octanol–water partition coefficient (Wildman–Crippen LogP) is 7.32.